The van der Waals surface area contributed by atoms with Crippen LogP contribution in [0.2, 0.25) is 10.0 Å². The van der Waals surface area contributed by atoms with E-state index in [4.69, 9.17) is 33.7 Å². The van der Waals surface area contributed by atoms with Crippen LogP contribution in [0, 0.1) is 5.82 Å². The van der Waals surface area contributed by atoms with E-state index in [2.05, 4.69) is 0 Å². The fourth-order valence-electron chi connectivity index (χ4n) is 1.31. The normalized spacial score (nSPS) is 10.3. The van der Waals surface area contributed by atoms with Crippen LogP contribution < -0.4 is 10.5 Å². The summed E-state index contributed by atoms with van der Waals surface area (Å²) in [6.45, 7) is 0. The van der Waals surface area contributed by atoms with E-state index in [0.717, 1.165) is 0 Å². The van der Waals surface area contributed by atoms with Gasteiger partial charge in [-0.2, -0.15) is 0 Å². The van der Waals surface area contributed by atoms with E-state index in [-0.39, 0.29) is 5.75 Å². The molecule has 0 spiro atoms. The molecule has 5 heteroatoms. The van der Waals surface area contributed by atoms with Crippen LogP contribution in [0.4, 0.5) is 10.1 Å². The summed E-state index contributed by atoms with van der Waals surface area (Å²) in [6.07, 6.45) is 0. The Morgan fingerprint density at radius 2 is 1.65 bits per heavy atom. The van der Waals surface area contributed by atoms with Gasteiger partial charge >= 0.3 is 0 Å². The maximum Gasteiger partial charge on any atom is 0.167 e. The van der Waals surface area contributed by atoms with Gasteiger partial charge in [0.05, 0.1) is 0 Å². The van der Waals surface area contributed by atoms with Crippen LogP contribution >= 0.6 is 23.2 Å². The third-order valence-electron chi connectivity index (χ3n) is 2.02. The van der Waals surface area contributed by atoms with Crippen LogP contribution in [-0.2, 0) is 0 Å². The minimum atomic E-state index is -0.541. The lowest BCUT2D eigenvalue weighted by Crippen LogP contribution is -1.91. The molecule has 0 fully saturated rings. The van der Waals surface area contributed by atoms with Gasteiger partial charge in [-0.15, -0.1) is 0 Å². The lowest BCUT2D eigenvalue weighted by atomic mass is 10.3. The maximum atomic E-state index is 13.5. The summed E-state index contributed by atoms with van der Waals surface area (Å²) in [5, 5.41) is 0.840. The van der Waals surface area contributed by atoms with Gasteiger partial charge in [0.1, 0.15) is 5.75 Å². The molecule has 2 nitrogen and oxygen atoms in total. The Kier molecular flexibility index (Phi) is 3.41. The molecule has 0 heterocycles. The van der Waals surface area contributed by atoms with Crippen LogP contribution in [0.25, 0.3) is 0 Å². The first-order valence-electron chi connectivity index (χ1n) is 4.73. The number of halogens is 3. The van der Waals surface area contributed by atoms with Crippen LogP contribution in [0.5, 0.6) is 11.5 Å². The van der Waals surface area contributed by atoms with E-state index in [1.54, 1.807) is 24.3 Å². The van der Waals surface area contributed by atoms with Gasteiger partial charge in [-0.05, 0) is 30.3 Å². The number of hydrogen-bond donors (Lipinski definition) is 1. The Bertz CT molecular complexity index is 540. The number of nitrogen functional groups attached to an aromatic ring is 1. The monoisotopic (exact) mass is 271 g/mol. The fourth-order valence-corrected chi connectivity index (χ4v) is 1.82. The SMILES string of the molecule is Nc1ccc(Oc2cc(Cl)cc(Cl)c2)c(F)c1. The van der Waals surface area contributed by atoms with Crippen molar-refractivity contribution in [3.63, 3.8) is 0 Å². The summed E-state index contributed by atoms with van der Waals surface area (Å²) in [5.74, 6) is -0.107. The molecule has 0 aromatic heterocycles. The molecule has 2 rings (SSSR count). The molecule has 0 atom stereocenters. The van der Waals surface area contributed by atoms with Crippen LogP contribution in [0.1, 0.15) is 0 Å². The molecule has 2 N–H and O–H groups in total. The van der Waals surface area contributed by atoms with Crippen molar-refractivity contribution in [2.75, 3.05) is 5.73 Å². The van der Waals surface area contributed by atoms with E-state index < -0.39 is 5.82 Å². The van der Waals surface area contributed by atoms with E-state index in [1.807, 2.05) is 0 Å². The smallest absolute Gasteiger partial charge is 0.167 e. The second-order valence-electron chi connectivity index (χ2n) is 3.40. The summed E-state index contributed by atoms with van der Waals surface area (Å²) in [7, 11) is 0. The molecular weight excluding hydrogens is 264 g/mol. The standard InChI is InChI=1S/C12H8Cl2FNO/c13-7-3-8(14)5-10(4-7)17-12-2-1-9(16)6-11(12)15/h1-6H,16H2. The van der Waals surface area contributed by atoms with Crippen molar-refractivity contribution in [1.29, 1.82) is 0 Å². The van der Waals surface area contributed by atoms with Crippen LogP contribution in [0.15, 0.2) is 36.4 Å². The Morgan fingerprint density at radius 3 is 2.24 bits per heavy atom. The number of ether oxygens (including phenoxy) is 1. The van der Waals surface area contributed by atoms with Gasteiger partial charge in [-0.3, -0.25) is 0 Å². The summed E-state index contributed by atoms with van der Waals surface area (Å²) < 4.78 is 18.8. The molecule has 0 radical (unpaired) electrons. The summed E-state index contributed by atoms with van der Waals surface area (Å²) >= 11 is 11.6. The third kappa shape index (κ3) is 3.02. The number of nitrogens with two attached hydrogens (primary N) is 1. The minimum absolute atomic E-state index is 0.0672. The zero-order valence-corrected chi connectivity index (χ0v) is 10.1. The Hall–Kier alpha value is -1.45. The van der Waals surface area contributed by atoms with Crippen LogP contribution in [0.3, 0.4) is 0 Å². The van der Waals surface area contributed by atoms with E-state index >= 15 is 0 Å². The molecule has 0 amide bonds. The number of benzene rings is 2. The molecule has 0 bridgehead atoms. The molecule has 0 aliphatic carbocycles. The van der Waals surface area contributed by atoms with Crippen molar-refractivity contribution in [3.8, 4) is 11.5 Å². The van der Waals surface area contributed by atoms with Crippen molar-refractivity contribution < 1.29 is 9.13 Å². The second-order valence-corrected chi connectivity index (χ2v) is 4.27. The highest BCUT2D eigenvalue weighted by Gasteiger charge is 2.06. The molecule has 2 aromatic carbocycles. The fraction of sp³-hybridized carbons (Fsp3) is 0. The van der Waals surface area contributed by atoms with Gasteiger partial charge < -0.3 is 10.5 Å². The highest BCUT2D eigenvalue weighted by Crippen LogP contribution is 2.30. The topological polar surface area (TPSA) is 35.2 Å². The summed E-state index contributed by atoms with van der Waals surface area (Å²) in [6, 6.07) is 8.83. The van der Waals surface area contributed by atoms with Gasteiger partial charge in [0.2, 0.25) is 0 Å². The summed E-state index contributed by atoms with van der Waals surface area (Å²) in [4.78, 5) is 0. The van der Waals surface area contributed by atoms with Gasteiger partial charge in [-0.1, -0.05) is 23.2 Å². The Morgan fingerprint density at radius 1 is 1.00 bits per heavy atom. The van der Waals surface area contributed by atoms with E-state index in [0.29, 0.717) is 21.5 Å². The first kappa shape index (κ1) is 12.0. The highest BCUT2D eigenvalue weighted by molar-refractivity contribution is 6.34. The Labute approximate surface area is 108 Å². The second kappa shape index (κ2) is 4.82. The lowest BCUT2D eigenvalue weighted by molar-refractivity contribution is 0.442. The predicted octanol–water partition coefficient (Wildman–Crippen LogP) is 4.51. The number of anilines is 1. The quantitative estimate of drug-likeness (QED) is 0.816. The van der Waals surface area contributed by atoms with Gasteiger partial charge in [0, 0.05) is 21.8 Å². The lowest BCUT2D eigenvalue weighted by Gasteiger charge is -2.08. The Balaban J connectivity index is 2.31. The molecule has 0 unspecified atom stereocenters. The average Bonchev–Trinajstić information content (AvgIpc) is 2.21. The molecule has 88 valence electrons. The first-order chi connectivity index (χ1) is 8.04. The predicted molar refractivity (Wildman–Crippen MR) is 67.3 cm³/mol. The van der Waals surface area contributed by atoms with Crippen molar-refractivity contribution in [2.24, 2.45) is 0 Å². The van der Waals surface area contributed by atoms with Crippen molar-refractivity contribution in [1.82, 2.24) is 0 Å². The van der Waals surface area contributed by atoms with E-state index in [1.165, 1.54) is 12.1 Å². The molecule has 17 heavy (non-hydrogen) atoms. The molecule has 2 aromatic rings. The van der Waals surface area contributed by atoms with Gasteiger partial charge in [-0.25, -0.2) is 4.39 Å². The molecule has 0 aliphatic heterocycles. The number of rotatable bonds is 2. The van der Waals surface area contributed by atoms with Gasteiger partial charge in [0.25, 0.3) is 0 Å². The zero-order chi connectivity index (χ0) is 12.4. The largest absolute Gasteiger partial charge is 0.454 e. The molecule has 0 aliphatic rings. The molecular formula is C12H8Cl2FNO. The third-order valence-corrected chi connectivity index (χ3v) is 2.46. The highest BCUT2D eigenvalue weighted by atomic mass is 35.5. The zero-order valence-electron chi connectivity index (χ0n) is 8.58. The molecule has 0 saturated heterocycles. The first-order valence-corrected chi connectivity index (χ1v) is 5.49. The van der Waals surface area contributed by atoms with E-state index in [9.17, 15) is 4.39 Å². The van der Waals surface area contributed by atoms with Gasteiger partial charge in [0.15, 0.2) is 11.6 Å². The summed E-state index contributed by atoms with van der Waals surface area (Å²) in [5.41, 5.74) is 5.76. The van der Waals surface area contributed by atoms with Crippen molar-refractivity contribution in [2.45, 2.75) is 0 Å². The number of hydrogen-bond acceptors (Lipinski definition) is 2. The van der Waals surface area contributed by atoms with Crippen molar-refractivity contribution >= 4 is 28.9 Å². The minimum Gasteiger partial charge on any atom is -0.454 e. The van der Waals surface area contributed by atoms with Crippen LogP contribution in [-0.4, -0.2) is 0 Å². The average molecular weight is 272 g/mol. The molecule has 0 saturated carbocycles. The van der Waals surface area contributed by atoms with Crippen molar-refractivity contribution in [3.05, 3.63) is 52.3 Å². The maximum absolute atomic E-state index is 13.5.